The first-order valence-corrected chi connectivity index (χ1v) is 7.84. The molecule has 4 nitrogen and oxygen atoms in total. The third-order valence-corrected chi connectivity index (χ3v) is 3.91. The van der Waals surface area contributed by atoms with E-state index in [9.17, 15) is 0 Å². The molecule has 1 aromatic rings. The van der Waals surface area contributed by atoms with Gasteiger partial charge in [-0.3, -0.25) is 0 Å². The number of hydrogen-bond donors (Lipinski definition) is 1. The first-order chi connectivity index (χ1) is 9.74. The molecule has 1 atom stereocenters. The predicted molar refractivity (Wildman–Crippen MR) is 82.5 cm³/mol. The highest BCUT2D eigenvalue weighted by Gasteiger charge is 2.15. The maximum absolute atomic E-state index is 5.74. The zero-order valence-electron chi connectivity index (χ0n) is 12.1. The van der Waals surface area contributed by atoms with E-state index in [0.717, 1.165) is 42.0 Å². The topological polar surface area (TPSA) is 39.7 Å². The van der Waals surface area contributed by atoms with Crippen LogP contribution < -0.4 is 14.8 Å². The minimum atomic E-state index is 0.370. The first-order valence-electron chi connectivity index (χ1n) is 7.05. The summed E-state index contributed by atoms with van der Waals surface area (Å²) in [6.45, 7) is 5.08. The zero-order valence-corrected chi connectivity index (χ0v) is 13.7. The van der Waals surface area contributed by atoms with Crippen molar-refractivity contribution in [1.82, 2.24) is 5.32 Å². The lowest BCUT2D eigenvalue weighted by atomic mass is 10.1. The first kappa shape index (κ1) is 15.6. The van der Waals surface area contributed by atoms with Gasteiger partial charge in [-0.25, -0.2) is 0 Å². The maximum atomic E-state index is 5.74. The van der Waals surface area contributed by atoms with E-state index >= 15 is 0 Å². The van der Waals surface area contributed by atoms with Crippen LogP contribution in [-0.4, -0.2) is 33.0 Å². The van der Waals surface area contributed by atoms with E-state index in [1.165, 1.54) is 5.56 Å². The molecule has 5 heteroatoms. The van der Waals surface area contributed by atoms with Crippen molar-refractivity contribution in [1.29, 1.82) is 0 Å². The smallest absolute Gasteiger partial charge is 0.175 e. The van der Waals surface area contributed by atoms with Crippen molar-refractivity contribution in [3.8, 4) is 11.5 Å². The molecule has 1 aromatic carbocycles. The van der Waals surface area contributed by atoms with Crippen LogP contribution in [0.1, 0.15) is 25.3 Å². The van der Waals surface area contributed by atoms with Crippen LogP contribution in [0, 0.1) is 0 Å². The molecule has 0 spiro atoms. The molecule has 0 bridgehead atoms. The number of hydrogen-bond acceptors (Lipinski definition) is 4. The summed E-state index contributed by atoms with van der Waals surface area (Å²) in [6, 6.07) is 4.51. The Bertz CT molecular complexity index is 439. The average Bonchev–Trinajstić information content (AvgIpc) is 2.69. The van der Waals surface area contributed by atoms with Crippen molar-refractivity contribution in [2.75, 3.05) is 26.9 Å². The predicted octanol–water partition coefficient (Wildman–Crippen LogP) is 3.13. The van der Waals surface area contributed by atoms with Crippen LogP contribution in [0.15, 0.2) is 16.6 Å². The van der Waals surface area contributed by atoms with Gasteiger partial charge in [-0.2, -0.15) is 0 Å². The fourth-order valence-electron chi connectivity index (χ4n) is 2.17. The molecule has 1 aliphatic heterocycles. The fraction of sp³-hybridized carbons (Fsp3) is 0.600. The number of halogens is 1. The van der Waals surface area contributed by atoms with E-state index in [0.29, 0.717) is 19.3 Å². The Morgan fingerprint density at radius 2 is 2.15 bits per heavy atom. The van der Waals surface area contributed by atoms with Gasteiger partial charge in [0.25, 0.3) is 0 Å². The highest BCUT2D eigenvalue weighted by molar-refractivity contribution is 9.10. The van der Waals surface area contributed by atoms with Gasteiger partial charge in [0.2, 0.25) is 0 Å². The maximum Gasteiger partial charge on any atom is 0.175 e. The van der Waals surface area contributed by atoms with Gasteiger partial charge in [-0.15, -0.1) is 0 Å². The Morgan fingerprint density at radius 1 is 1.35 bits per heavy atom. The standard InChI is InChI=1S/C15H22BrNO3/c1-3-12(10-18-2)17-9-11-7-13(16)15-14(8-11)19-5-4-6-20-15/h7-8,12,17H,3-6,9-10H2,1-2H3. The lowest BCUT2D eigenvalue weighted by molar-refractivity contribution is 0.164. The number of rotatable bonds is 6. The molecule has 0 aliphatic carbocycles. The average molecular weight is 344 g/mol. The summed E-state index contributed by atoms with van der Waals surface area (Å²) in [5.74, 6) is 1.64. The second kappa shape index (κ2) is 7.86. The van der Waals surface area contributed by atoms with Crippen molar-refractivity contribution in [2.24, 2.45) is 0 Å². The van der Waals surface area contributed by atoms with Crippen LogP contribution in [-0.2, 0) is 11.3 Å². The third kappa shape index (κ3) is 4.11. The van der Waals surface area contributed by atoms with Gasteiger partial charge in [0, 0.05) is 26.1 Å². The Kier molecular flexibility index (Phi) is 6.13. The molecular formula is C15H22BrNO3. The normalized spacial score (nSPS) is 15.8. The van der Waals surface area contributed by atoms with Gasteiger partial charge in [-0.1, -0.05) is 6.92 Å². The van der Waals surface area contributed by atoms with Crippen molar-refractivity contribution in [3.05, 3.63) is 22.2 Å². The monoisotopic (exact) mass is 343 g/mol. The summed E-state index contributed by atoms with van der Waals surface area (Å²) < 4.78 is 17.6. The number of methoxy groups -OCH3 is 1. The number of fused-ring (bicyclic) bond motifs is 1. The Balaban J connectivity index is 2.05. The lowest BCUT2D eigenvalue weighted by Gasteiger charge is -2.17. The van der Waals surface area contributed by atoms with Crippen LogP contribution in [0.3, 0.4) is 0 Å². The van der Waals surface area contributed by atoms with Gasteiger partial charge in [-0.05, 0) is 40.0 Å². The van der Waals surface area contributed by atoms with Gasteiger partial charge in [0.15, 0.2) is 11.5 Å². The van der Waals surface area contributed by atoms with Gasteiger partial charge < -0.3 is 19.5 Å². The van der Waals surface area contributed by atoms with E-state index in [4.69, 9.17) is 14.2 Å². The number of ether oxygens (including phenoxy) is 3. The van der Waals surface area contributed by atoms with Crippen LogP contribution in [0.4, 0.5) is 0 Å². The minimum Gasteiger partial charge on any atom is -0.490 e. The van der Waals surface area contributed by atoms with Gasteiger partial charge in [0.05, 0.1) is 24.3 Å². The van der Waals surface area contributed by atoms with Crippen molar-refractivity contribution in [2.45, 2.75) is 32.4 Å². The largest absolute Gasteiger partial charge is 0.490 e. The molecule has 1 aliphatic rings. The number of nitrogens with one attached hydrogen (secondary N) is 1. The highest BCUT2D eigenvalue weighted by Crippen LogP contribution is 2.38. The molecule has 2 rings (SSSR count). The van der Waals surface area contributed by atoms with E-state index in [2.05, 4.69) is 40.3 Å². The Labute approximate surface area is 128 Å². The van der Waals surface area contributed by atoms with Crippen molar-refractivity contribution >= 4 is 15.9 Å². The van der Waals surface area contributed by atoms with Gasteiger partial charge >= 0.3 is 0 Å². The summed E-state index contributed by atoms with van der Waals surface area (Å²) in [6.07, 6.45) is 1.96. The SMILES string of the molecule is CCC(COC)NCc1cc(Br)c2c(c1)OCCCO2. The second-order valence-corrected chi connectivity index (χ2v) is 5.75. The van der Waals surface area contributed by atoms with E-state index in [1.54, 1.807) is 7.11 Å². The quantitative estimate of drug-likeness (QED) is 0.861. The molecule has 0 fully saturated rings. The van der Waals surface area contributed by atoms with E-state index in [1.807, 2.05) is 0 Å². The van der Waals surface area contributed by atoms with Crippen molar-refractivity contribution in [3.63, 3.8) is 0 Å². The summed E-state index contributed by atoms with van der Waals surface area (Å²) in [5, 5.41) is 3.49. The molecule has 0 radical (unpaired) electrons. The molecule has 0 saturated carbocycles. The summed E-state index contributed by atoms with van der Waals surface area (Å²) in [5.41, 5.74) is 1.18. The zero-order chi connectivity index (χ0) is 14.4. The lowest BCUT2D eigenvalue weighted by Crippen LogP contribution is -2.32. The fourth-order valence-corrected chi connectivity index (χ4v) is 2.77. The molecule has 0 saturated heterocycles. The molecule has 1 N–H and O–H groups in total. The number of benzene rings is 1. The summed E-state index contributed by atoms with van der Waals surface area (Å²) >= 11 is 3.56. The van der Waals surface area contributed by atoms with Crippen LogP contribution in [0.25, 0.3) is 0 Å². The third-order valence-electron chi connectivity index (χ3n) is 3.32. The molecule has 0 aromatic heterocycles. The highest BCUT2D eigenvalue weighted by atomic mass is 79.9. The second-order valence-electron chi connectivity index (χ2n) is 4.90. The minimum absolute atomic E-state index is 0.370. The van der Waals surface area contributed by atoms with Crippen molar-refractivity contribution < 1.29 is 14.2 Å². The molecular weight excluding hydrogens is 322 g/mol. The molecule has 1 unspecified atom stereocenters. The molecule has 20 heavy (non-hydrogen) atoms. The Hall–Kier alpha value is -0.780. The van der Waals surface area contributed by atoms with E-state index in [-0.39, 0.29) is 0 Å². The van der Waals surface area contributed by atoms with Crippen LogP contribution in [0.5, 0.6) is 11.5 Å². The van der Waals surface area contributed by atoms with E-state index < -0.39 is 0 Å². The van der Waals surface area contributed by atoms with Crippen LogP contribution in [0.2, 0.25) is 0 Å². The Morgan fingerprint density at radius 3 is 2.90 bits per heavy atom. The summed E-state index contributed by atoms with van der Waals surface area (Å²) in [7, 11) is 1.73. The van der Waals surface area contributed by atoms with Gasteiger partial charge in [0.1, 0.15) is 0 Å². The molecule has 0 amide bonds. The summed E-state index contributed by atoms with van der Waals surface area (Å²) in [4.78, 5) is 0. The molecule has 1 heterocycles. The van der Waals surface area contributed by atoms with Crippen LogP contribution >= 0.6 is 15.9 Å². The molecule has 112 valence electrons.